The maximum Gasteiger partial charge on any atom is 0.146 e. The third kappa shape index (κ3) is 3.32. The normalized spacial score (nSPS) is 12.7. The predicted octanol–water partition coefficient (Wildman–Crippen LogP) is 3.71. The highest BCUT2D eigenvalue weighted by atomic mass is 16.5. The van der Waals surface area contributed by atoms with Crippen molar-refractivity contribution < 1.29 is 14.9 Å². The second kappa shape index (κ2) is 7.48. The highest BCUT2D eigenvalue weighted by Crippen LogP contribution is 2.34. The fourth-order valence-electron chi connectivity index (χ4n) is 3.47. The number of phenols is 1. The Hall–Kier alpha value is -2.37. The van der Waals surface area contributed by atoms with Gasteiger partial charge < -0.3 is 19.5 Å². The topological polar surface area (TPSA) is 67.5 Å². The molecule has 1 aromatic heterocycles. The van der Waals surface area contributed by atoms with Gasteiger partial charge in [0.15, 0.2) is 0 Å². The number of nitrogens with zero attached hydrogens (tertiary/aromatic N) is 2. The Morgan fingerprint density at radius 3 is 2.65 bits per heavy atom. The lowest BCUT2D eigenvalue weighted by Crippen LogP contribution is -2.05. The van der Waals surface area contributed by atoms with E-state index in [-0.39, 0.29) is 5.75 Å². The van der Waals surface area contributed by atoms with E-state index in [0.717, 1.165) is 33.6 Å². The second-order valence-corrected chi connectivity index (χ2v) is 6.79. The van der Waals surface area contributed by atoms with E-state index in [2.05, 4.69) is 4.98 Å². The summed E-state index contributed by atoms with van der Waals surface area (Å²) in [4.78, 5) is 4.48. The van der Waals surface area contributed by atoms with E-state index in [0.29, 0.717) is 25.0 Å². The molecule has 2 aromatic carbocycles. The number of imidazole rings is 1. The minimum atomic E-state index is -0.577. The van der Waals surface area contributed by atoms with Crippen molar-refractivity contribution >= 4 is 11.0 Å². The Kier molecular flexibility index (Phi) is 5.30. The van der Waals surface area contributed by atoms with Crippen molar-refractivity contribution in [2.75, 3.05) is 7.11 Å². The molecule has 1 heterocycles. The molecule has 138 valence electrons. The number of aromatic hydroxyl groups is 1. The van der Waals surface area contributed by atoms with Crippen molar-refractivity contribution in [1.82, 2.24) is 9.55 Å². The van der Waals surface area contributed by atoms with Gasteiger partial charge in [-0.15, -0.1) is 0 Å². The van der Waals surface area contributed by atoms with Gasteiger partial charge in [-0.2, -0.15) is 0 Å². The minimum Gasteiger partial charge on any atom is -0.505 e. The van der Waals surface area contributed by atoms with E-state index < -0.39 is 6.10 Å². The number of fused-ring (bicyclic) bond motifs is 1. The van der Waals surface area contributed by atoms with Crippen molar-refractivity contribution in [3.8, 4) is 5.75 Å². The molecule has 0 saturated heterocycles. The largest absolute Gasteiger partial charge is 0.505 e. The zero-order chi connectivity index (χ0) is 18.8. The molecule has 3 aromatic rings. The summed E-state index contributed by atoms with van der Waals surface area (Å²) in [5.74, 6) is 1.03. The first-order chi connectivity index (χ1) is 12.4. The van der Waals surface area contributed by atoms with Gasteiger partial charge >= 0.3 is 0 Å². The van der Waals surface area contributed by atoms with Crippen LogP contribution >= 0.6 is 0 Å². The second-order valence-electron chi connectivity index (χ2n) is 6.79. The molecule has 0 bridgehead atoms. The summed E-state index contributed by atoms with van der Waals surface area (Å²) in [6, 6.07) is 9.86. The molecule has 1 atom stereocenters. The standard InChI is InChI=1S/C21H26N2O3/c1-13-7-5-6-8-16(13)19(24)10-9-17-15(12-26-4)11-18-20(21(17)25)22-14(2)23(18)3/h5-8,11,19,24-25H,9-10,12H2,1-4H3. The number of ether oxygens (including phenoxy) is 1. The van der Waals surface area contributed by atoms with Crippen LogP contribution in [0.1, 0.15) is 40.6 Å². The average molecular weight is 354 g/mol. The first-order valence-electron chi connectivity index (χ1n) is 8.83. The third-order valence-corrected chi connectivity index (χ3v) is 5.09. The average Bonchev–Trinajstić information content (AvgIpc) is 2.90. The molecule has 0 aliphatic rings. The number of aryl methyl sites for hydroxylation is 3. The molecular weight excluding hydrogens is 328 g/mol. The number of rotatable bonds is 6. The third-order valence-electron chi connectivity index (χ3n) is 5.09. The molecule has 0 aliphatic carbocycles. The van der Waals surface area contributed by atoms with Gasteiger partial charge in [0.05, 0.1) is 18.2 Å². The molecule has 1 unspecified atom stereocenters. The zero-order valence-corrected chi connectivity index (χ0v) is 15.8. The lowest BCUT2D eigenvalue weighted by Gasteiger charge is -2.16. The summed E-state index contributed by atoms with van der Waals surface area (Å²) >= 11 is 0. The summed E-state index contributed by atoms with van der Waals surface area (Å²) in [6.07, 6.45) is 0.491. The number of aromatic nitrogens is 2. The van der Waals surface area contributed by atoms with Gasteiger partial charge in [0.1, 0.15) is 17.1 Å². The lowest BCUT2D eigenvalue weighted by atomic mass is 9.95. The Labute approximate surface area is 153 Å². The van der Waals surface area contributed by atoms with Crippen LogP contribution in [0.5, 0.6) is 5.75 Å². The number of aliphatic hydroxyl groups is 1. The fourth-order valence-corrected chi connectivity index (χ4v) is 3.47. The molecule has 0 fully saturated rings. The number of phenolic OH excluding ortho intramolecular Hbond substituents is 1. The Morgan fingerprint density at radius 1 is 1.23 bits per heavy atom. The van der Waals surface area contributed by atoms with E-state index in [1.807, 2.05) is 55.8 Å². The zero-order valence-electron chi connectivity index (χ0n) is 15.8. The molecule has 0 spiro atoms. The van der Waals surface area contributed by atoms with E-state index >= 15 is 0 Å². The highest BCUT2D eigenvalue weighted by Gasteiger charge is 2.19. The van der Waals surface area contributed by atoms with Gasteiger partial charge in [-0.1, -0.05) is 24.3 Å². The van der Waals surface area contributed by atoms with Crippen LogP contribution in [0.25, 0.3) is 11.0 Å². The van der Waals surface area contributed by atoms with Crippen molar-refractivity contribution in [1.29, 1.82) is 0 Å². The molecule has 0 radical (unpaired) electrons. The summed E-state index contributed by atoms with van der Waals surface area (Å²) < 4.78 is 7.28. The van der Waals surface area contributed by atoms with Gasteiger partial charge in [-0.3, -0.25) is 0 Å². The smallest absolute Gasteiger partial charge is 0.146 e. The van der Waals surface area contributed by atoms with Gasteiger partial charge in [0.2, 0.25) is 0 Å². The minimum absolute atomic E-state index is 0.190. The monoisotopic (exact) mass is 354 g/mol. The molecular formula is C21H26N2O3. The summed E-state index contributed by atoms with van der Waals surface area (Å²) in [5.41, 5.74) is 5.20. The Morgan fingerprint density at radius 2 is 1.96 bits per heavy atom. The molecule has 5 heteroatoms. The van der Waals surface area contributed by atoms with Crippen LogP contribution in [0.3, 0.4) is 0 Å². The van der Waals surface area contributed by atoms with Gasteiger partial charge in [-0.25, -0.2) is 4.98 Å². The van der Waals surface area contributed by atoms with Crippen LogP contribution in [0, 0.1) is 13.8 Å². The SMILES string of the molecule is COCc1cc2c(nc(C)n2C)c(O)c1CCC(O)c1ccccc1C. The van der Waals surface area contributed by atoms with Gasteiger partial charge in [0, 0.05) is 19.7 Å². The van der Waals surface area contributed by atoms with E-state index in [1.54, 1.807) is 7.11 Å². The van der Waals surface area contributed by atoms with Gasteiger partial charge in [0.25, 0.3) is 0 Å². The van der Waals surface area contributed by atoms with Crippen LogP contribution in [0.2, 0.25) is 0 Å². The summed E-state index contributed by atoms with van der Waals surface area (Å²) in [7, 11) is 3.57. The number of benzene rings is 2. The van der Waals surface area contributed by atoms with Crippen LogP contribution < -0.4 is 0 Å². The lowest BCUT2D eigenvalue weighted by molar-refractivity contribution is 0.165. The maximum absolute atomic E-state index is 10.8. The molecule has 0 aliphatic heterocycles. The van der Waals surface area contributed by atoms with Crippen LogP contribution in [-0.2, 0) is 24.8 Å². The predicted molar refractivity (Wildman–Crippen MR) is 102 cm³/mol. The highest BCUT2D eigenvalue weighted by molar-refractivity contribution is 5.85. The first kappa shape index (κ1) is 18.4. The van der Waals surface area contributed by atoms with Crippen LogP contribution in [0.4, 0.5) is 0 Å². The van der Waals surface area contributed by atoms with E-state index in [4.69, 9.17) is 4.74 Å². The molecule has 0 amide bonds. The van der Waals surface area contributed by atoms with Crippen LogP contribution in [-0.4, -0.2) is 26.9 Å². The summed E-state index contributed by atoms with van der Waals surface area (Å²) in [5, 5.41) is 21.4. The Bertz CT molecular complexity index is 931. The van der Waals surface area contributed by atoms with Crippen molar-refractivity contribution in [2.45, 2.75) is 39.4 Å². The fraction of sp³-hybridized carbons (Fsp3) is 0.381. The molecule has 5 nitrogen and oxygen atoms in total. The van der Waals surface area contributed by atoms with Crippen molar-refractivity contribution in [3.05, 3.63) is 58.4 Å². The molecule has 3 rings (SSSR count). The molecule has 0 saturated carbocycles. The quantitative estimate of drug-likeness (QED) is 0.708. The van der Waals surface area contributed by atoms with E-state index in [1.165, 1.54) is 0 Å². The molecule has 2 N–H and O–H groups in total. The molecule has 26 heavy (non-hydrogen) atoms. The van der Waals surface area contributed by atoms with Crippen molar-refractivity contribution in [2.24, 2.45) is 7.05 Å². The Balaban J connectivity index is 1.94. The van der Waals surface area contributed by atoms with Crippen LogP contribution in [0.15, 0.2) is 30.3 Å². The number of methoxy groups -OCH3 is 1. The maximum atomic E-state index is 10.8. The summed E-state index contributed by atoms with van der Waals surface area (Å²) in [6.45, 7) is 4.32. The van der Waals surface area contributed by atoms with E-state index in [9.17, 15) is 10.2 Å². The number of aliphatic hydroxyl groups excluding tert-OH is 1. The van der Waals surface area contributed by atoms with Gasteiger partial charge in [-0.05, 0) is 49.4 Å². The first-order valence-corrected chi connectivity index (χ1v) is 8.83. The number of hydrogen-bond acceptors (Lipinski definition) is 4. The number of hydrogen-bond donors (Lipinski definition) is 2. The van der Waals surface area contributed by atoms with Crippen molar-refractivity contribution in [3.63, 3.8) is 0 Å².